The summed E-state index contributed by atoms with van der Waals surface area (Å²) in [5.74, 6) is -0.484. The van der Waals surface area contributed by atoms with Gasteiger partial charge in [-0.1, -0.05) is 42.0 Å². The van der Waals surface area contributed by atoms with Gasteiger partial charge in [-0.05, 0) is 37.1 Å². The molecule has 0 atom stereocenters. The zero-order valence-corrected chi connectivity index (χ0v) is 16.1. The molecule has 6 heteroatoms. The smallest absolute Gasteiger partial charge is 0.341 e. The predicted molar refractivity (Wildman–Crippen MR) is 110 cm³/mol. The second-order valence-electron chi connectivity index (χ2n) is 6.11. The van der Waals surface area contributed by atoms with E-state index in [1.165, 1.54) is 18.4 Å². The van der Waals surface area contributed by atoms with Crippen molar-refractivity contribution in [3.8, 4) is 11.1 Å². The number of rotatable bonds is 4. The zero-order valence-electron chi connectivity index (χ0n) is 15.3. The fourth-order valence-corrected chi connectivity index (χ4v) is 3.71. The first-order valence-corrected chi connectivity index (χ1v) is 9.28. The number of hydrogen-bond acceptors (Lipinski definition) is 4. The predicted octanol–water partition coefficient (Wildman–Crippen LogP) is 5.46. The Hall–Kier alpha value is -3.12. The second-order valence-corrected chi connectivity index (χ2v) is 6.99. The molecule has 0 aliphatic heterocycles. The average molecular weight is 380 g/mol. The van der Waals surface area contributed by atoms with Crippen molar-refractivity contribution in [3.63, 3.8) is 0 Å². The summed E-state index contributed by atoms with van der Waals surface area (Å²) in [5, 5.41) is 7.83. The van der Waals surface area contributed by atoms with Crippen molar-refractivity contribution < 1.29 is 14.3 Å². The summed E-state index contributed by atoms with van der Waals surface area (Å²) in [6.45, 7) is 3.99. The summed E-state index contributed by atoms with van der Waals surface area (Å²) in [7, 11) is 1.33. The zero-order chi connectivity index (χ0) is 19.4. The molecule has 1 heterocycles. The van der Waals surface area contributed by atoms with Crippen LogP contribution in [0.2, 0.25) is 0 Å². The molecule has 0 radical (unpaired) electrons. The van der Waals surface area contributed by atoms with E-state index in [0.29, 0.717) is 16.3 Å². The highest BCUT2D eigenvalue weighted by Gasteiger charge is 2.23. The molecule has 0 aliphatic rings. The summed E-state index contributed by atoms with van der Waals surface area (Å²) in [5.41, 5.74) is 4.87. The van der Waals surface area contributed by atoms with Gasteiger partial charge in [-0.3, -0.25) is 5.32 Å². The molecule has 3 aromatic rings. The highest BCUT2D eigenvalue weighted by molar-refractivity contribution is 7.15. The van der Waals surface area contributed by atoms with Crippen molar-refractivity contribution in [1.82, 2.24) is 0 Å². The first-order chi connectivity index (χ1) is 13.0. The largest absolute Gasteiger partial charge is 0.465 e. The minimum atomic E-state index is -0.484. The van der Waals surface area contributed by atoms with Crippen molar-refractivity contribution in [2.45, 2.75) is 13.8 Å². The van der Waals surface area contributed by atoms with Gasteiger partial charge in [-0.25, -0.2) is 9.59 Å². The quantitative estimate of drug-likeness (QED) is 0.590. The molecule has 2 N–H and O–H groups in total. The van der Waals surface area contributed by atoms with Crippen LogP contribution in [0, 0.1) is 13.8 Å². The van der Waals surface area contributed by atoms with E-state index >= 15 is 0 Å². The van der Waals surface area contributed by atoms with Crippen molar-refractivity contribution in [2.24, 2.45) is 0 Å². The number of aryl methyl sites for hydroxylation is 2. The minimum Gasteiger partial charge on any atom is -0.465 e. The average Bonchev–Trinajstić information content (AvgIpc) is 3.07. The summed E-state index contributed by atoms with van der Waals surface area (Å²) in [4.78, 5) is 24.8. The molecule has 3 rings (SSSR count). The number of ether oxygens (including phenoxy) is 1. The molecule has 1 aromatic heterocycles. The Balaban J connectivity index is 1.94. The Morgan fingerprint density at radius 2 is 1.70 bits per heavy atom. The third kappa shape index (κ3) is 4.17. The molecule has 138 valence electrons. The van der Waals surface area contributed by atoms with Gasteiger partial charge in [0.1, 0.15) is 10.6 Å². The van der Waals surface area contributed by atoms with E-state index in [-0.39, 0.29) is 0 Å². The molecule has 5 nitrogen and oxygen atoms in total. The number of anilines is 2. The monoisotopic (exact) mass is 380 g/mol. The van der Waals surface area contributed by atoms with Crippen molar-refractivity contribution in [1.29, 1.82) is 0 Å². The van der Waals surface area contributed by atoms with Gasteiger partial charge in [-0.2, -0.15) is 0 Å². The number of thiophene rings is 1. The van der Waals surface area contributed by atoms with Gasteiger partial charge in [0.25, 0.3) is 0 Å². The first-order valence-electron chi connectivity index (χ1n) is 8.40. The molecule has 0 spiro atoms. The van der Waals surface area contributed by atoms with E-state index in [2.05, 4.69) is 10.6 Å². The van der Waals surface area contributed by atoms with Gasteiger partial charge in [0.15, 0.2) is 0 Å². The molecular formula is C21H20N2O3S. The number of nitrogens with one attached hydrogen (secondary N) is 2. The maximum atomic E-state index is 12.4. The minimum absolute atomic E-state index is 0.361. The lowest BCUT2D eigenvalue weighted by molar-refractivity contribution is 0.0603. The van der Waals surface area contributed by atoms with Gasteiger partial charge in [0.2, 0.25) is 0 Å². The van der Waals surface area contributed by atoms with Gasteiger partial charge < -0.3 is 10.1 Å². The summed E-state index contributed by atoms with van der Waals surface area (Å²) in [6, 6.07) is 14.8. The maximum Gasteiger partial charge on any atom is 0.341 e. The van der Waals surface area contributed by atoms with Crippen LogP contribution in [0.3, 0.4) is 0 Å². The van der Waals surface area contributed by atoms with Crippen molar-refractivity contribution in [3.05, 3.63) is 70.6 Å². The second kappa shape index (κ2) is 8.05. The third-order valence-electron chi connectivity index (χ3n) is 4.12. The van der Waals surface area contributed by atoms with Crippen molar-refractivity contribution >= 4 is 34.0 Å². The van der Waals surface area contributed by atoms with Gasteiger partial charge in [0.05, 0.1) is 7.11 Å². The number of carbonyl (C=O) groups is 2. The Morgan fingerprint density at radius 1 is 0.963 bits per heavy atom. The van der Waals surface area contributed by atoms with Gasteiger partial charge in [-0.15, -0.1) is 11.3 Å². The Labute approximate surface area is 162 Å². The number of urea groups is 1. The third-order valence-corrected chi connectivity index (χ3v) is 5.02. The Bertz CT molecular complexity index is 980. The number of esters is 1. The number of hydrogen-bond donors (Lipinski definition) is 2. The van der Waals surface area contributed by atoms with E-state index in [1.807, 2.05) is 55.6 Å². The number of methoxy groups -OCH3 is 1. The molecule has 0 unspecified atom stereocenters. The number of para-hydroxylation sites is 1. The van der Waals surface area contributed by atoms with Crippen LogP contribution >= 0.6 is 11.3 Å². The summed E-state index contributed by atoms with van der Waals surface area (Å²) < 4.78 is 4.96. The maximum absolute atomic E-state index is 12.4. The number of benzene rings is 2. The van der Waals surface area contributed by atoms with E-state index in [0.717, 1.165) is 22.3 Å². The molecule has 0 saturated heterocycles. The Morgan fingerprint density at radius 3 is 2.41 bits per heavy atom. The molecule has 0 bridgehead atoms. The highest BCUT2D eigenvalue weighted by Crippen LogP contribution is 2.38. The van der Waals surface area contributed by atoms with Crippen LogP contribution in [0.25, 0.3) is 11.1 Å². The lowest BCUT2D eigenvalue weighted by Crippen LogP contribution is -2.20. The molecule has 0 saturated carbocycles. The summed E-state index contributed by atoms with van der Waals surface area (Å²) >= 11 is 1.30. The molecule has 0 aliphatic carbocycles. The van der Waals surface area contributed by atoms with Crippen LogP contribution in [0.15, 0.2) is 53.9 Å². The van der Waals surface area contributed by atoms with Crippen molar-refractivity contribution in [2.75, 3.05) is 17.7 Å². The molecule has 2 aromatic carbocycles. The van der Waals surface area contributed by atoms with E-state index in [4.69, 9.17) is 4.74 Å². The van der Waals surface area contributed by atoms with E-state index in [9.17, 15) is 9.59 Å². The molecular weight excluding hydrogens is 360 g/mol. The Kier molecular flexibility index (Phi) is 5.57. The fourth-order valence-electron chi connectivity index (χ4n) is 2.77. The highest BCUT2D eigenvalue weighted by atomic mass is 32.1. The number of carbonyl (C=O) groups excluding carboxylic acids is 2. The van der Waals surface area contributed by atoms with Crippen LogP contribution in [-0.4, -0.2) is 19.1 Å². The lowest BCUT2D eigenvalue weighted by Gasteiger charge is -2.11. The van der Waals surface area contributed by atoms with Gasteiger partial charge >= 0.3 is 12.0 Å². The van der Waals surface area contributed by atoms with Crippen LogP contribution < -0.4 is 10.6 Å². The first kappa shape index (κ1) is 18.7. The van der Waals surface area contributed by atoms with Crippen LogP contribution in [-0.2, 0) is 4.74 Å². The summed E-state index contributed by atoms with van der Waals surface area (Å²) in [6.07, 6.45) is 0. The SMILES string of the molecule is COC(=O)c1c(-c2cc(C)ccc2C)csc1NC(=O)Nc1ccccc1. The fraction of sp³-hybridized carbons (Fsp3) is 0.143. The van der Waals surface area contributed by atoms with Gasteiger partial charge in [0, 0.05) is 16.6 Å². The number of amides is 2. The van der Waals surface area contributed by atoms with Crippen LogP contribution in [0.5, 0.6) is 0 Å². The van der Waals surface area contributed by atoms with E-state index < -0.39 is 12.0 Å². The van der Waals surface area contributed by atoms with E-state index in [1.54, 1.807) is 12.1 Å². The molecule has 2 amide bonds. The standard InChI is InChI=1S/C21H20N2O3S/c1-13-9-10-14(2)16(11-13)17-12-27-19(18(17)20(24)26-3)23-21(25)22-15-7-5-4-6-8-15/h4-12H,1-3H3,(H2,22,23,25). The molecule has 27 heavy (non-hydrogen) atoms. The van der Waals surface area contributed by atoms with Crippen LogP contribution in [0.1, 0.15) is 21.5 Å². The normalized spacial score (nSPS) is 10.3. The topological polar surface area (TPSA) is 67.4 Å². The molecule has 0 fully saturated rings. The van der Waals surface area contributed by atoms with Crippen LogP contribution in [0.4, 0.5) is 15.5 Å². The lowest BCUT2D eigenvalue weighted by atomic mass is 9.97.